The second-order valence-corrected chi connectivity index (χ2v) is 5.13. The van der Waals surface area contributed by atoms with Gasteiger partial charge in [0.05, 0.1) is 33.6 Å². The summed E-state index contributed by atoms with van der Waals surface area (Å²) < 4.78 is 4.69. The molecule has 0 atom stereocenters. The van der Waals surface area contributed by atoms with Crippen molar-refractivity contribution >= 4 is 33.3 Å². The first-order valence-corrected chi connectivity index (χ1v) is 6.43. The van der Waals surface area contributed by atoms with E-state index in [-0.39, 0.29) is 5.97 Å². The number of nitrogens with zero attached hydrogens (tertiary/aromatic N) is 1. The Hall–Kier alpha value is -2.34. The molecule has 19 heavy (non-hydrogen) atoms. The van der Waals surface area contributed by atoms with Crippen molar-refractivity contribution in [2.24, 2.45) is 0 Å². The van der Waals surface area contributed by atoms with Crippen molar-refractivity contribution in [2.75, 3.05) is 12.8 Å². The lowest BCUT2D eigenvalue weighted by atomic mass is 10.2. The molecule has 6 heteroatoms. The minimum Gasteiger partial charge on any atom is -0.465 e. The lowest BCUT2D eigenvalue weighted by Gasteiger charge is -1.97. The number of esters is 1. The number of nitrogens with two attached hydrogens (primary N) is 1. The third-order valence-electron chi connectivity index (χ3n) is 2.76. The first-order valence-electron chi connectivity index (χ1n) is 5.61. The van der Waals surface area contributed by atoms with Crippen LogP contribution in [-0.2, 0) is 4.74 Å². The molecule has 0 bridgehead atoms. The summed E-state index contributed by atoms with van der Waals surface area (Å²) in [4.78, 5) is 20.1. The summed E-state index contributed by atoms with van der Waals surface area (Å²) in [5.41, 5.74) is 7.80. The van der Waals surface area contributed by atoms with Crippen molar-refractivity contribution in [3.05, 3.63) is 35.9 Å². The van der Waals surface area contributed by atoms with Gasteiger partial charge in [-0.25, -0.2) is 9.78 Å². The third-order valence-corrected chi connectivity index (χ3v) is 3.68. The van der Waals surface area contributed by atoms with Crippen molar-refractivity contribution in [1.29, 1.82) is 0 Å². The smallest absolute Gasteiger partial charge is 0.337 e. The van der Waals surface area contributed by atoms with E-state index in [0.717, 1.165) is 26.7 Å². The monoisotopic (exact) mass is 273 g/mol. The summed E-state index contributed by atoms with van der Waals surface area (Å²) in [6.45, 7) is 0. The van der Waals surface area contributed by atoms with Crippen LogP contribution < -0.4 is 5.73 Å². The summed E-state index contributed by atoms with van der Waals surface area (Å²) >= 11 is 1.46. The average Bonchev–Trinajstić information content (AvgIpc) is 3.02. The molecule has 0 aliphatic carbocycles. The van der Waals surface area contributed by atoms with Crippen LogP contribution in [0, 0.1) is 0 Å². The zero-order valence-corrected chi connectivity index (χ0v) is 11.0. The van der Waals surface area contributed by atoms with E-state index < -0.39 is 0 Å². The molecule has 0 spiro atoms. The number of rotatable bonds is 2. The number of thiophene rings is 1. The SMILES string of the molecule is COC(=O)c1ccc2nc(-c3ccc(N)s3)[nH]c2c1. The highest BCUT2D eigenvalue weighted by molar-refractivity contribution is 7.19. The minimum atomic E-state index is -0.363. The molecule has 0 aliphatic heterocycles. The molecule has 5 nitrogen and oxygen atoms in total. The molecule has 0 saturated carbocycles. The average molecular weight is 273 g/mol. The second kappa shape index (κ2) is 4.40. The van der Waals surface area contributed by atoms with Crippen LogP contribution >= 0.6 is 11.3 Å². The van der Waals surface area contributed by atoms with E-state index in [0.29, 0.717) is 5.56 Å². The lowest BCUT2D eigenvalue weighted by Crippen LogP contribution is -2.00. The Morgan fingerprint density at radius 2 is 2.21 bits per heavy atom. The van der Waals surface area contributed by atoms with Gasteiger partial charge in [-0.3, -0.25) is 0 Å². The lowest BCUT2D eigenvalue weighted by molar-refractivity contribution is 0.0601. The van der Waals surface area contributed by atoms with Gasteiger partial charge in [0.2, 0.25) is 0 Å². The molecular weight excluding hydrogens is 262 g/mol. The van der Waals surface area contributed by atoms with Gasteiger partial charge in [-0.1, -0.05) is 0 Å². The van der Waals surface area contributed by atoms with Gasteiger partial charge in [-0.15, -0.1) is 11.3 Å². The van der Waals surface area contributed by atoms with E-state index in [9.17, 15) is 4.79 Å². The molecule has 96 valence electrons. The Kier molecular flexibility index (Phi) is 2.72. The number of hydrogen-bond acceptors (Lipinski definition) is 5. The number of anilines is 1. The van der Waals surface area contributed by atoms with E-state index >= 15 is 0 Å². The molecule has 3 rings (SSSR count). The number of nitrogens with one attached hydrogen (secondary N) is 1. The number of H-pyrrole nitrogens is 1. The van der Waals surface area contributed by atoms with Gasteiger partial charge in [-0.05, 0) is 30.3 Å². The number of aromatic amines is 1. The predicted octanol–water partition coefficient (Wildman–Crippen LogP) is 2.66. The van der Waals surface area contributed by atoms with Crippen LogP contribution in [0.25, 0.3) is 21.7 Å². The fourth-order valence-electron chi connectivity index (χ4n) is 1.85. The number of carbonyl (C=O) groups is 1. The van der Waals surface area contributed by atoms with Gasteiger partial charge in [0.1, 0.15) is 5.82 Å². The van der Waals surface area contributed by atoms with Gasteiger partial charge in [-0.2, -0.15) is 0 Å². The Morgan fingerprint density at radius 3 is 2.89 bits per heavy atom. The largest absolute Gasteiger partial charge is 0.465 e. The minimum absolute atomic E-state index is 0.363. The van der Waals surface area contributed by atoms with Crippen molar-refractivity contribution in [1.82, 2.24) is 9.97 Å². The van der Waals surface area contributed by atoms with Crippen LogP contribution in [-0.4, -0.2) is 23.0 Å². The molecule has 3 aromatic rings. The summed E-state index contributed by atoms with van der Waals surface area (Å²) in [5, 5.41) is 0.741. The van der Waals surface area contributed by atoms with Gasteiger partial charge >= 0.3 is 5.97 Å². The quantitative estimate of drug-likeness (QED) is 0.703. The standard InChI is InChI=1S/C13H11N3O2S/c1-18-13(17)7-2-3-8-9(6-7)16-12(15-8)10-4-5-11(14)19-10/h2-6H,14H2,1H3,(H,15,16). The third kappa shape index (κ3) is 2.06. The molecule has 0 radical (unpaired) electrons. The molecule has 1 aromatic carbocycles. The number of hydrogen-bond donors (Lipinski definition) is 2. The molecule has 2 aromatic heterocycles. The fourth-order valence-corrected chi connectivity index (χ4v) is 2.57. The maximum absolute atomic E-state index is 11.5. The number of nitrogen functional groups attached to an aromatic ring is 1. The maximum atomic E-state index is 11.5. The molecule has 3 N–H and O–H groups in total. The van der Waals surface area contributed by atoms with Crippen LogP contribution in [0.5, 0.6) is 0 Å². The Balaban J connectivity index is 2.08. The normalized spacial score (nSPS) is 10.8. The first kappa shape index (κ1) is 11.7. The molecule has 0 unspecified atom stereocenters. The predicted molar refractivity (Wildman–Crippen MR) is 75.2 cm³/mol. The number of aromatic nitrogens is 2. The van der Waals surface area contributed by atoms with Crippen LogP contribution in [0.3, 0.4) is 0 Å². The number of fused-ring (bicyclic) bond motifs is 1. The van der Waals surface area contributed by atoms with Crippen molar-refractivity contribution in [3.8, 4) is 10.7 Å². The Morgan fingerprint density at radius 1 is 1.37 bits per heavy atom. The van der Waals surface area contributed by atoms with Crippen LogP contribution in [0.1, 0.15) is 10.4 Å². The molecular formula is C13H11N3O2S. The van der Waals surface area contributed by atoms with E-state index in [2.05, 4.69) is 9.97 Å². The van der Waals surface area contributed by atoms with Crippen LogP contribution in [0.2, 0.25) is 0 Å². The highest BCUT2D eigenvalue weighted by atomic mass is 32.1. The topological polar surface area (TPSA) is 81.0 Å². The molecule has 0 amide bonds. The molecule has 0 saturated heterocycles. The van der Waals surface area contributed by atoms with Crippen molar-refractivity contribution in [3.63, 3.8) is 0 Å². The zero-order chi connectivity index (χ0) is 13.4. The summed E-state index contributed by atoms with van der Waals surface area (Å²) in [6, 6.07) is 8.97. The van der Waals surface area contributed by atoms with E-state index in [1.807, 2.05) is 12.1 Å². The highest BCUT2D eigenvalue weighted by Crippen LogP contribution is 2.29. The molecule has 0 aliphatic rings. The van der Waals surface area contributed by atoms with Gasteiger partial charge in [0.15, 0.2) is 0 Å². The number of benzene rings is 1. The van der Waals surface area contributed by atoms with E-state index in [1.165, 1.54) is 18.4 Å². The van der Waals surface area contributed by atoms with Gasteiger partial charge < -0.3 is 15.5 Å². The summed E-state index contributed by atoms with van der Waals surface area (Å²) in [5.74, 6) is 0.386. The van der Waals surface area contributed by atoms with E-state index in [4.69, 9.17) is 10.5 Å². The van der Waals surface area contributed by atoms with Gasteiger partial charge in [0, 0.05) is 0 Å². The number of imidazole rings is 1. The Bertz CT molecular complexity index is 760. The van der Waals surface area contributed by atoms with Gasteiger partial charge in [0.25, 0.3) is 0 Å². The second-order valence-electron chi connectivity index (χ2n) is 4.01. The van der Waals surface area contributed by atoms with Crippen molar-refractivity contribution < 1.29 is 9.53 Å². The molecule has 0 fully saturated rings. The maximum Gasteiger partial charge on any atom is 0.337 e. The number of carbonyl (C=O) groups excluding carboxylic acids is 1. The molecule has 2 heterocycles. The Labute approximate surface area is 113 Å². The first-order chi connectivity index (χ1) is 9.17. The fraction of sp³-hybridized carbons (Fsp3) is 0.0769. The summed E-state index contributed by atoms with van der Waals surface area (Å²) in [7, 11) is 1.36. The van der Waals surface area contributed by atoms with Crippen LogP contribution in [0.15, 0.2) is 30.3 Å². The number of methoxy groups -OCH3 is 1. The van der Waals surface area contributed by atoms with E-state index in [1.54, 1.807) is 18.2 Å². The van der Waals surface area contributed by atoms with Crippen LogP contribution in [0.4, 0.5) is 5.00 Å². The highest BCUT2D eigenvalue weighted by Gasteiger charge is 2.10. The number of ether oxygens (including phenoxy) is 1. The van der Waals surface area contributed by atoms with Crippen molar-refractivity contribution in [2.45, 2.75) is 0 Å². The summed E-state index contributed by atoms with van der Waals surface area (Å²) in [6.07, 6.45) is 0. The zero-order valence-electron chi connectivity index (χ0n) is 10.1.